The molecular weight excluding hydrogens is 554 g/mol. The molecule has 3 aromatic carbocycles. The Morgan fingerprint density at radius 3 is 2.74 bits per heavy atom. The molecule has 3 atom stereocenters. The van der Waals surface area contributed by atoms with Crippen LogP contribution in [0.5, 0.6) is 17.2 Å². The molecule has 1 aliphatic heterocycles. The molecular formula is C31H23F4N3O4. The van der Waals surface area contributed by atoms with Crippen LogP contribution in [0.4, 0.5) is 17.6 Å². The van der Waals surface area contributed by atoms with Crippen molar-refractivity contribution in [3.63, 3.8) is 0 Å². The lowest BCUT2D eigenvalue weighted by molar-refractivity contribution is -0.138. The number of halogens is 4. The van der Waals surface area contributed by atoms with Crippen LogP contribution < -0.4 is 9.47 Å². The molecule has 42 heavy (non-hydrogen) atoms. The van der Waals surface area contributed by atoms with Crippen LogP contribution in [-0.2, 0) is 10.2 Å². The minimum atomic E-state index is -1.51. The van der Waals surface area contributed by atoms with Crippen molar-refractivity contribution in [1.82, 2.24) is 15.0 Å². The number of hydrogen-bond acceptors (Lipinski definition) is 4. The van der Waals surface area contributed by atoms with E-state index in [1.54, 1.807) is 6.20 Å². The Kier molecular flexibility index (Phi) is 5.83. The summed E-state index contributed by atoms with van der Waals surface area (Å²) in [4.78, 5) is 21.5. The van der Waals surface area contributed by atoms with Crippen LogP contribution in [0.1, 0.15) is 42.5 Å². The molecule has 2 aliphatic rings. The van der Waals surface area contributed by atoms with Gasteiger partial charge in [0.2, 0.25) is 11.6 Å². The molecule has 7 rings (SSSR count). The number of aromatic amines is 2. The fourth-order valence-electron chi connectivity index (χ4n) is 5.88. The lowest BCUT2D eigenvalue weighted by Gasteiger charge is -2.36. The van der Waals surface area contributed by atoms with E-state index in [-0.39, 0.29) is 34.0 Å². The highest BCUT2D eigenvalue weighted by Gasteiger charge is 2.47. The first-order valence-electron chi connectivity index (χ1n) is 13.3. The van der Waals surface area contributed by atoms with Gasteiger partial charge in [-0.2, -0.15) is 4.39 Å². The quantitative estimate of drug-likeness (QED) is 0.147. The number of carbonyl (C=O) groups is 1. The molecule has 3 N–H and O–H groups in total. The molecule has 0 spiro atoms. The molecule has 3 heterocycles. The zero-order valence-corrected chi connectivity index (χ0v) is 22.1. The van der Waals surface area contributed by atoms with Crippen molar-refractivity contribution in [2.75, 3.05) is 6.61 Å². The first-order chi connectivity index (χ1) is 20.2. The van der Waals surface area contributed by atoms with Crippen molar-refractivity contribution in [2.45, 2.75) is 31.1 Å². The molecule has 0 bridgehead atoms. The monoisotopic (exact) mass is 577 g/mol. The predicted octanol–water partition coefficient (Wildman–Crippen LogP) is 7.18. The third-order valence-corrected chi connectivity index (χ3v) is 8.37. The number of ether oxygens (including phenoxy) is 2. The van der Waals surface area contributed by atoms with Gasteiger partial charge in [0.25, 0.3) is 0 Å². The molecule has 7 nitrogen and oxygen atoms in total. The Hall–Kier alpha value is -4.80. The number of carboxylic acid groups (broad SMARTS) is 1. The van der Waals surface area contributed by atoms with Crippen LogP contribution >= 0.6 is 0 Å². The lowest BCUT2D eigenvalue weighted by atomic mass is 9.74. The Morgan fingerprint density at radius 1 is 1.12 bits per heavy atom. The van der Waals surface area contributed by atoms with Crippen LogP contribution in [0.3, 0.4) is 0 Å². The number of carboxylic acids is 1. The summed E-state index contributed by atoms with van der Waals surface area (Å²) in [7, 11) is 0. The van der Waals surface area contributed by atoms with Gasteiger partial charge in [-0.1, -0.05) is 18.2 Å². The number of nitrogens with one attached hydrogen (secondary N) is 2. The summed E-state index contributed by atoms with van der Waals surface area (Å²) in [6.45, 7) is 2.39. The Bertz CT molecular complexity index is 1900. The summed E-state index contributed by atoms with van der Waals surface area (Å²) in [5.74, 6) is -6.20. The number of nitrogens with zero attached hydrogens (tertiary/aromatic N) is 1. The molecule has 2 aromatic heterocycles. The number of aliphatic carboxylic acids is 1. The first-order valence-corrected chi connectivity index (χ1v) is 13.3. The highest BCUT2D eigenvalue weighted by Crippen LogP contribution is 2.54. The van der Waals surface area contributed by atoms with Crippen molar-refractivity contribution in [1.29, 1.82) is 0 Å². The standard InChI is InChI=1S/C31H23F4N3O4/c1-31(8-10-41-27-15(3-2-4-20(27)31)17-12-18(17)30(39)40)22-13-37-29(38-22)19-11-14(5-6-21(19)32)42-28-23(33)16-7-9-36-26(16)24(34)25(28)35/h2-7,9,11,13,17-18,36H,8,10,12H2,1H3,(H,37,38)(H,39,40)/t17-,18+,31+/m0/s1. The second-order valence-electron chi connectivity index (χ2n) is 10.9. The molecule has 11 heteroatoms. The minimum Gasteiger partial charge on any atom is -0.493 e. The second-order valence-corrected chi connectivity index (χ2v) is 10.9. The maximum atomic E-state index is 15.0. The largest absolute Gasteiger partial charge is 0.493 e. The smallest absolute Gasteiger partial charge is 0.307 e. The van der Waals surface area contributed by atoms with E-state index < -0.39 is 46.3 Å². The molecule has 1 fully saturated rings. The minimum absolute atomic E-state index is 0.0188. The van der Waals surface area contributed by atoms with Gasteiger partial charge < -0.3 is 24.5 Å². The van der Waals surface area contributed by atoms with Gasteiger partial charge in [0.05, 0.1) is 23.6 Å². The zero-order valence-electron chi connectivity index (χ0n) is 22.1. The van der Waals surface area contributed by atoms with Gasteiger partial charge in [-0.15, -0.1) is 0 Å². The maximum Gasteiger partial charge on any atom is 0.307 e. The fraction of sp³-hybridized carbons (Fsp3) is 0.226. The summed E-state index contributed by atoms with van der Waals surface area (Å²) in [6.07, 6.45) is 4.00. The van der Waals surface area contributed by atoms with Crippen LogP contribution in [-0.4, -0.2) is 32.6 Å². The van der Waals surface area contributed by atoms with Gasteiger partial charge in [-0.3, -0.25) is 4.79 Å². The topological polar surface area (TPSA) is 100 Å². The molecule has 0 amide bonds. The van der Waals surface area contributed by atoms with Crippen molar-refractivity contribution >= 4 is 16.9 Å². The number of aromatic nitrogens is 3. The van der Waals surface area contributed by atoms with E-state index in [0.29, 0.717) is 30.9 Å². The van der Waals surface area contributed by atoms with Crippen LogP contribution in [0.2, 0.25) is 0 Å². The Balaban J connectivity index is 1.23. The summed E-state index contributed by atoms with van der Waals surface area (Å²) in [5, 5.41) is 9.24. The van der Waals surface area contributed by atoms with Gasteiger partial charge in [0, 0.05) is 40.4 Å². The van der Waals surface area contributed by atoms with E-state index in [2.05, 4.69) is 15.0 Å². The van der Waals surface area contributed by atoms with Gasteiger partial charge in [0.15, 0.2) is 11.6 Å². The molecule has 214 valence electrons. The van der Waals surface area contributed by atoms with Gasteiger partial charge in [0.1, 0.15) is 23.1 Å². The Morgan fingerprint density at radius 2 is 1.95 bits per heavy atom. The van der Waals surface area contributed by atoms with Crippen LogP contribution in [0.25, 0.3) is 22.3 Å². The summed E-state index contributed by atoms with van der Waals surface area (Å²) >= 11 is 0. The highest BCUT2D eigenvalue weighted by molar-refractivity contribution is 5.83. The number of fused-ring (bicyclic) bond motifs is 2. The molecule has 5 aromatic rings. The molecule has 0 saturated heterocycles. The predicted molar refractivity (Wildman–Crippen MR) is 144 cm³/mol. The van der Waals surface area contributed by atoms with E-state index >= 15 is 4.39 Å². The fourth-order valence-corrected chi connectivity index (χ4v) is 5.88. The van der Waals surface area contributed by atoms with E-state index in [1.807, 2.05) is 25.1 Å². The van der Waals surface area contributed by atoms with Crippen molar-refractivity contribution in [3.05, 3.63) is 94.9 Å². The number of H-pyrrole nitrogens is 2. The van der Waals surface area contributed by atoms with Gasteiger partial charge in [-0.25, -0.2) is 18.2 Å². The average Bonchev–Trinajstić information content (AvgIpc) is 3.36. The SMILES string of the molecule is C[C@@]1(c2cnc(-c3cc(Oc4c(F)c(F)c5[nH]ccc5c4F)ccc3F)[nH]2)CCOc2c([C@@H]3C[C@H]3C(=O)O)cccc21. The highest BCUT2D eigenvalue weighted by atomic mass is 19.2. The summed E-state index contributed by atoms with van der Waals surface area (Å²) in [6, 6.07) is 10.4. The second kappa shape index (κ2) is 9.37. The normalized spacial score (nSPS) is 21.2. The molecule has 0 radical (unpaired) electrons. The third kappa shape index (κ3) is 3.94. The lowest BCUT2D eigenvalue weighted by Crippen LogP contribution is -2.32. The van der Waals surface area contributed by atoms with Crippen molar-refractivity contribution in [3.8, 4) is 28.6 Å². The number of imidazole rings is 1. The number of hydrogen-bond donors (Lipinski definition) is 3. The van der Waals surface area contributed by atoms with E-state index in [4.69, 9.17) is 9.47 Å². The third-order valence-electron chi connectivity index (χ3n) is 8.37. The van der Waals surface area contributed by atoms with E-state index in [1.165, 1.54) is 24.4 Å². The zero-order chi connectivity index (χ0) is 29.3. The van der Waals surface area contributed by atoms with E-state index in [9.17, 15) is 23.1 Å². The number of rotatable bonds is 6. The van der Waals surface area contributed by atoms with Crippen LogP contribution in [0.15, 0.2) is 54.9 Å². The van der Waals surface area contributed by atoms with Crippen LogP contribution in [0, 0.1) is 29.2 Å². The first kappa shape index (κ1) is 26.1. The Labute approximate surface area is 236 Å². The number of para-hydroxylation sites is 1. The van der Waals surface area contributed by atoms with Gasteiger partial charge >= 0.3 is 5.97 Å². The maximum absolute atomic E-state index is 15.0. The van der Waals surface area contributed by atoms with Crippen molar-refractivity contribution in [2.24, 2.45) is 5.92 Å². The molecule has 1 saturated carbocycles. The van der Waals surface area contributed by atoms with Crippen molar-refractivity contribution < 1.29 is 36.9 Å². The van der Waals surface area contributed by atoms with E-state index in [0.717, 1.165) is 17.2 Å². The average molecular weight is 578 g/mol. The molecule has 0 unspecified atom stereocenters. The summed E-state index contributed by atoms with van der Waals surface area (Å²) < 4.78 is 70.6. The number of benzene rings is 3. The molecule has 1 aliphatic carbocycles. The van der Waals surface area contributed by atoms with Gasteiger partial charge in [-0.05, 0) is 49.6 Å². The summed E-state index contributed by atoms with van der Waals surface area (Å²) in [5.41, 5.74) is 1.44.